The average Bonchev–Trinajstić information content (AvgIpc) is 3.32. The summed E-state index contributed by atoms with van der Waals surface area (Å²) < 4.78 is 0. The zero-order chi connectivity index (χ0) is 27.2. The molecular weight excluding hydrogens is 486 g/mol. The van der Waals surface area contributed by atoms with Crippen molar-refractivity contribution >= 4 is 34.5 Å². The average molecular weight is 520 g/mol. The second kappa shape index (κ2) is 11.8. The number of amides is 4. The molecule has 1 aromatic heterocycles. The predicted octanol–water partition coefficient (Wildman–Crippen LogP) is 1.29. The minimum absolute atomic E-state index is 0.0787. The molecule has 0 bridgehead atoms. The molecule has 200 valence electrons. The van der Waals surface area contributed by atoms with Gasteiger partial charge in [0.05, 0.1) is 6.54 Å². The first-order chi connectivity index (χ1) is 18.2. The van der Waals surface area contributed by atoms with Crippen LogP contribution >= 0.6 is 0 Å². The summed E-state index contributed by atoms with van der Waals surface area (Å²) in [6, 6.07) is 11.1. The summed E-state index contributed by atoms with van der Waals surface area (Å²) in [6.45, 7) is 3.42. The number of aromatic amines is 1. The van der Waals surface area contributed by atoms with Crippen LogP contribution in [0, 0.1) is 5.92 Å². The van der Waals surface area contributed by atoms with Crippen LogP contribution in [-0.4, -0.2) is 58.4 Å². The van der Waals surface area contributed by atoms with Crippen molar-refractivity contribution in [2.24, 2.45) is 5.92 Å². The molecule has 38 heavy (non-hydrogen) atoms. The van der Waals surface area contributed by atoms with Crippen LogP contribution < -0.4 is 21.3 Å². The number of hydrogen-bond acceptors (Lipinski definition) is 5. The van der Waals surface area contributed by atoms with E-state index in [-0.39, 0.29) is 31.1 Å². The molecule has 4 amide bonds. The third kappa shape index (κ3) is 6.31. The number of H-pyrrole nitrogens is 1. The molecule has 0 saturated carbocycles. The van der Waals surface area contributed by atoms with Crippen molar-refractivity contribution in [3.8, 4) is 5.75 Å². The van der Waals surface area contributed by atoms with E-state index in [0.717, 1.165) is 16.5 Å². The third-order valence-electron chi connectivity index (χ3n) is 6.98. The Morgan fingerprint density at radius 3 is 2.29 bits per heavy atom. The highest BCUT2D eigenvalue weighted by Gasteiger charge is 2.33. The van der Waals surface area contributed by atoms with Gasteiger partial charge in [0.15, 0.2) is 0 Å². The van der Waals surface area contributed by atoms with Crippen LogP contribution in [-0.2, 0) is 32.0 Å². The van der Waals surface area contributed by atoms with Crippen LogP contribution in [0.5, 0.6) is 5.75 Å². The maximum Gasteiger partial charge on any atom is 0.243 e. The van der Waals surface area contributed by atoms with Crippen molar-refractivity contribution in [1.29, 1.82) is 0 Å². The number of fused-ring (bicyclic) bond motifs is 1. The number of benzene rings is 2. The van der Waals surface area contributed by atoms with E-state index in [9.17, 15) is 24.3 Å². The SMILES string of the molecule is CC[C@H](C)[C@@H]1NC(=O)[C@H](Cc2c[nH]c3ccccc23)NC(=O)[C@H](Cc2ccc(O)cc2)NC(=O)CNC1=O. The van der Waals surface area contributed by atoms with Gasteiger partial charge in [0.25, 0.3) is 0 Å². The number of carbonyl (C=O) groups excluding carboxylic acids is 4. The van der Waals surface area contributed by atoms with E-state index in [4.69, 9.17) is 0 Å². The lowest BCUT2D eigenvalue weighted by Crippen LogP contribution is -2.61. The van der Waals surface area contributed by atoms with Crippen molar-refractivity contribution in [1.82, 2.24) is 26.3 Å². The van der Waals surface area contributed by atoms with Crippen molar-refractivity contribution in [3.05, 3.63) is 65.9 Å². The van der Waals surface area contributed by atoms with E-state index < -0.39 is 41.8 Å². The van der Waals surface area contributed by atoms with E-state index >= 15 is 0 Å². The fourth-order valence-electron chi connectivity index (χ4n) is 4.56. The molecule has 4 rings (SSSR count). The highest BCUT2D eigenvalue weighted by Crippen LogP contribution is 2.20. The number of carbonyl (C=O) groups is 4. The van der Waals surface area contributed by atoms with Gasteiger partial charge in [0.1, 0.15) is 23.9 Å². The smallest absolute Gasteiger partial charge is 0.243 e. The van der Waals surface area contributed by atoms with Crippen LogP contribution in [0.15, 0.2) is 54.7 Å². The van der Waals surface area contributed by atoms with E-state index in [0.29, 0.717) is 12.0 Å². The summed E-state index contributed by atoms with van der Waals surface area (Å²) in [5.74, 6) is -2.12. The summed E-state index contributed by atoms with van der Waals surface area (Å²) in [6.07, 6.45) is 2.73. The maximum atomic E-state index is 13.6. The predicted molar refractivity (Wildman–Crippen MR) is 142 cm³/mol. The Kier molecular flexibility index (Phi) is 8.30. The number of aromatic nitrogens is 1. The molecule has 0 spiro atoms. The molecule has 10 nitrogen and oxygen atoms in total. The number of nitrogens with one attached hydrogen (secondary N) is 5. The van der Waals surface area contributed by atoms with Gasteiger partial charge < -0.3 is 31.4 Å². The fourth-order valence-corrected chi connectivity index (χ4v) is 4.56. The van der Waals surface area contributed by atoms with E-state index in [2.05, 4.69) is 26.3 Å². The lowest BCUT2D eigenvalue weighted by atomic mass is 9.96. The van der Waals surface area contributed by atoms with Gasteiger partial charge in [0, 0.05) is 29.9 Å². The van der Waals surface area contributed by atoms with E-state index in [1.165, 1.54) is 12.1 Å². The first-order valence-electron chi connectivity index (χ1n) is 12.8. The number of hydrogen-bond donors (Lipinski definition) is 6. The third-order valence-corrected chi connectivity index (χ3v) is 6.98. The normalized spacial score (nSPS) is 21.9. The molecule has 2 heterocycles. The number of para-hydroxylation sites is 1. The van der Waals surface area contributed by atoms with Gasteiger partial charge in [-0.1, -0.05) is 50.6 Å². The summed E-state index contributed by atoms with van der Waals surface area (Å²) in [7, 11) is 0. The molecule has 1 aliphatic rings. The molecule has 0 aliphatic carbocycles. The molecule has 1 aliphatic heterocycles. The largest absolute Gasteiger partial charge is 0.508 e. The molecule has 1 saturated heterocycles. The Hall–Kier alpha value is -4.34. The molecule has 0 radical (unpaired) electrons. The zero-order valence-corrected chi connectivity index (χ0v) is 21.4. The van der Waals surface area contributed by atoms with Crippen LogP contribution in [0.25, 0.3) is 10.9 Å². The standard InChI is InChI=1S/C28H33N5O5/c1-3-16(2)25-28(38)30-15-24(35)31-22(12-17-8-10-19(34)11-9-17)26(36)32-23(27(37)33-25)13-18-14-29-21-7-5-4-6-20(18)21/h4-11,14,16,22-23,25,29,34H,3,12-13,15H2,1-2H3,(H,30,38)(H,31,35)(H,32,36)(H,33,37)/t16-,22-,23-,25-/m0/s1. The fraction of sp³-hybridized carbons (Fsp3) is 0.357. The molecular formula is C28H33N5O5. The van der Waals surface area contributed by atoms with E-state index in [1.54, 1.807) is 18.3 Å². The van der Waals surface area contributed by atoms with Crippen LogP contribution in [0.1, 0.15) is 31.4 Å². The second-order valence-electron chi connectivity index (χ2n) is 9.71. The van der Waals surface area contributed by atoms with Crippen molar-refractivity contribution in [3.63, 3.8) is 0 Å². The molecule has 3 aromatic rings. The molecule has 10 heteroatoms. The Morgan fingerprint density at radius 1 is 0.868 bits per heavy atom. The van der Waals surface area contributed by atoms with Gasteiger partial charge in [-0.25, -0.2) is 0 Å². The maximum absolute atomic E-state index is 13.6. The first-order valence-corrected chi connectivity index (χ1v) is 12.8. The number of phenols is 1. The van der Waals surface area contributed by atoms with Crippen LogP contribution in [0.4, 0.5) is 0 Å². The van der Waals surface area contributed by atoms with Gasteiger partial charge in [-0.3, -0.25) is 19.2 Å². The molecule has 0 unspecified atom stereocenters. The Labute approximate surface area is 220 Å². The molecule has 2 aromatic carbocycles. The number of aromatic hydroxyl groups is 1. The molecule has 4 atom stereocenters. The second-order valence-corrected chi connectivity index (χ2v) is 9.71. The highest BCUT2D eigenvalue weighted by atomic mass is 16.3. The Balaban J connectivity index is 1.66. The minimum Gasteiger partial charge on any atom is -0.508 e. The van der Waals surface area contributed by atoms with Gasteiger partial charge in [0.2, 0.25) is 23.6 Å². The number of phenolic OH excluding ortho intramolecular Hbond substituents is 1. The first kappa shape index (κ1) is 26.7. The summed E-state index contributed by atoms with van der Waals surface area (Å²) in [4.78, 5) is 55.9. The molecule has 6 N–H and O–H groups in total. The Bertz CT molecular complexity index is 1320. The monoisotopic (exact) mass is 519 g/mol. The van der Waals surface area contributed by atoms with Gasteiger partial charge >= 0.3 is 0 Å². The van der Waals surface area contributed by atoms with Crippen molar-refractivity contribution < 1.29 is 24.3 Å². The zero-order valence-electron chi connectivity index (χ0n) is 21.4. The van der Waals surface area contributed by atoms with Gasteiger partial charge in [-0.05, 0) is 35.2 Å². The lowest BCUT2D eigenvalue weighted by Gasteiger charge is -2.29. The summed E-state index contributed by atoms with van der Waals surface area (Å²) in [5.41, 5.74) is 2.43. The number of rotatable bonds is 6. The lowest BCUT2D eigenvalue weighted by molar-refractivity contribution is -0.136. The van der Waals surface area contributed by atoms with Gasteiger partial charge in [-0.15, -0.1) is 0 Å². The Morgan fingerprint density at radius 2 is 1.55 bits per heavy atom. The summed E-state index contributed by atoms with van der Waals surface area (Å²) >= 11 is 0. The highest BCUT2D eigenvalue weighted by molar-refractivity contribution is 5.97. The van der Waals surface area contributed by atoms with Crippen LogP contribution in [0.3, 0.4) is 0 Å². The minimum atomic E-state index is -1.01. The quantitative estimate of drug-likeness (QED) is 0.290. The summed E-state index contributed by atoms with van der Waals surface area (Å²) in [5, 5.41) is 21.4. The van der Waals surface area contributed by atoms with Gasteiger partial charge in [-0.2, -0.15) is 0 Å². The van der Waals surface area contributed by atoms with Crippen molar-refractivity contribution in [2.75, 3.05) is 6.54 Å². The topological polar surface area (TPSA) is 152 Å². The van der Waals surface area contributed by atoms with Crippen molar-refractivity contribution in [2.45, 2.75) is 51.2 Å². The van der Waals surface area contributed by atoms with Crippen LogP contribution in [0.2, 0.25) is 0 Å². The molecule has 1 fully saturated rings. The van der Waals surface area contributed by atoms with E-state index in [1.807, 2.05) is 38.1 Å².